The van der Waals surface area contributed by atoms with Gasteiger partial charge in [0.05, 0.1) is 6.54 Å². The fourth-order valence-electron chi connectivity index (χ4n) is 4.54. The first kappa shape index (κ1) is 26.4. The first-order valence-electron chi connectivity index (χ1n) is 12.3. The molecule has 0 unspecified atom stereocenters. The van der Waals surface area contributed by atoms with Gasteiger partial charge in [-0.15, -0.1) is 0 Å². The van der Waals surface area contributed by atoms with E-state index in [4.69, 9.17) is 10.5 Å². The summed E-state index contributed by atoms with van der Waals surface area (Å²) in [4.78, 5) is 49.2. The Morgan fingerprint density at radius 2 is 1.39 bits per heavy atom. The van der Waals surface area contributed by atoms with Gasteiger partial charge in [-0.2, -0.15) is 0 Å². The lowest BCUT2D eigenvalue weighted by atomic mass is 9.98. The van der Waals surface area contributed by atoms with Crippen molar-refractivity contribution in [1.82, 2.24) is 16.0 Å². The van der Waals surface area contributed by atoms with Gasteiger partial charge >= 0.3 is 6.09 Å². The second kappa shape index (κ2) is 12.1. The van der Waals surface area contributed by atoms with Crippen LogP contribution in [0.4, 0.5) is 4.79 Å². The van der Waals surface area contributed by atoms with Crippen molar-refractivity contribution < 1.29 is 23.9 Å². The van der Waals surface area contributed by atoms with Crippen molar-refractivity contribution in [2.75, 3.05) is 13.2 Å². The van der Waals surface area contributed by atoms with Crippen molar-refractivity contribution in [3.05, 3.63) is 95.6 Å². The number of ether oxygens (including phenoxy) is 1. The summed E-state index contributed by atoms with van der Waals surface area (Å²) in [5.74, 6) is -1.95. The Morgan fingerprint density at radius 3 is 2.00 bits per heavy atom. The van der Waals surface area contributed by atoms with Gasteiger partial charge in [-0.1, -0.05) is 78.9 Å². The number of hydrogen-bond donors (Lipinski definition) is 4. The third kappa shape index (κ3) is 6.36. The molecule has 0 fully saturated rings. The van der Waals surface area contributed by atoms with Crippen molar-refractivity contribution in [2.45, 2.75) is 31.3 Å². The Labute approximate surface area is 220 Å². The highest BCUT2D eigenvalue weighted by molar-refractivity contribution is 5.92. The van der Waals surface area contributed by atoms with E-state index in [9.17, 15) is 19.2 Å². The summed E-state index contributed by atoms with van der Waals surface area (Å²) in [6.07, 6.45) is -0.554. The molecule has 38 heavy (non-hydrogen) atoms. The van der Waals surface area contributed by atoms with Gasteiger partial charge in [0.1, 0.15) is 18.7 Å². The summed E-state index contributed by atoms with van der Waals surface area (Å²) in [7, 11) is 0. The lowest BCUT2D eigenvalue weighted by Gasteiger charge is -2.21. The van der Waals surface area contributed by atoms with E-state index < -0.39 is 35.9 Å². The summed E-state index contributed by atoms with van der Waals surface area (Å²) < 4.78 is 5.51. The highest BCUT2D eigenvalue weighted by atomic mass is 16.5. The SMILES string of the molecule is C[C@H](NC(=O)OCC1c2ccccc2-c2ccccc21)C(=O)N[C@@H](Cc1ccccc1)C(=O)NCC(N)=O. The van der Waals surface area contributed by atoms with Gasteiger partial charge in [0.25, 0.3) is 0 Å². The molecule has 0 heterocycles. The molecule has 0 spiro atoms. The molecule has 196 valence electrons. The minimum atomic E-state index is -0.979. The zero-order valence-electron chi connectivity index (χ0n) is 21.0. The van der Waals surface area contributed by atoms with Crippen LogP contribution in [0, 0.1) is 0 Å². The number of benzene rings is 3. The van der Waals surface area contributed by atoms with Crippen LogP contribution in [0.15, 0.2) is 78.9 Å². The summed E-state index contributed by atoms with van der Waals surface area (Å²) >= 11 is 0. The Bertz CT molecular complexity index is 1280. The fourth-order valence-corrected chi connectivity index (χ4v) is 4.54. The molecular weight excluding hydrogens is 484 g/mol. The first-order chi connectivity index (χ1) is 18.3. The molecule has 1 aliphatic rings. The average molecular weight is 515 g/mol. The van der Waals surface area contributed by atoms with Gasteiger partial charge in [0, 0.05) is 12.3 Å². The van der Waals surface area contributed by atoms with Gasteiger partial charge < -0.3 is 26.4 Å². The van der Waals surface area contributed by atoms with Gasteiger partial charge in [-0.3, -0.25) is 14.4 Å². The molecule has 0 bridgehead atoms. The van der Waals surface area contributed by atoms with Crippen molar-refractivity contribution >= 4 is 23.8 Å². The van der Waals surface area contributed by atoms with Crippen LogP contribution in [-0.4, -0.2) is 49.1 Å². The van der Waals surface area contributed by atoms with Gasteiger partial charge in [0.15, 0.2) is 0 Å². The van der Waals surface area contributed by atoms with E-state index in [1.54, 1.807) is 0 Å². The van der Waals surface area contributed by atoms with Crippen LogP contribution in [-0.2, 0) is 25.5 Å². The number of rotatable bonds is 10. The van der Waals surface area contributed by atoms with E-state index in [0.717, 1.165) is 27.8 Å². The zero-order valence-corrected chi connectivity index (χ0v) is 21.0. The molecule has 3 aromatic carbocycles. The number of primary amides is 1. The Morgan fingerprint density at radius 1 is 0.816 bits per heavy atom. The minimum Gasteiger partial charge on any atom is -0.449 e. The van der Waals surface area contributed by atoms with Crippen molar-refractivity contribution in [2.24, 2.45) is 5.73 Å². The van der Waals surface area contributed by atoms with E-state index in [-0.39, 0.29) is 25.5 Å². The molecule has 9 heteroatoms. The number of carbonyl (C=O) groups excluding carboxylic acids is 4. The second-order valence-corrected chi connectivity index (χ2v) is 9.13. The van der Waals surface area contributed by atoms with Gasteiger partial charge in [0.2, 0.25) is 17.7 Å². The zero-order chi connectivity index (χ0) is 27.1. The summed E-state index contributed by atoms with van der Waals surface area (Å²) in [5.41, 5.74) is 10.3. The summed E-state index contributed by atoms with van der Waals surface area (Å²) in [6.45, 7) is 1.26. The normalized spacial score (nSPS) is 13.4. The molecule has 2 atom stereocenters. The van der Waals surface area contributed by atoms with Crippen LogP contribution in [0.2, 0.25) is 0 Å². The minimum absolute atomic E-state index is 0.110. The summed E-state index contributed by atoms with van der Waals surface area (Å²) in [6, 6.07) is 23.2. The van der Waals surface area contributed by atoms with Crippen molar-refractivity contribution in [3.63, 3.8) is 0 Å². The van der Waals surface area contributed by atoms with Gasteiger partial charge in [-0.05, 0) is 34.7 Å². The Hall–Kier alpha value is -4.66. The van der Waals surface area contributed by atoms with Crippen LogP contribution in [0.1, 0.15) is 29.5 Å². The highest BCUT2D eigenvalue weighted by Crippen LogP contribution is 2.44. The number of nitrogens with two attached hydrogens (primary N) is 1. The maximum absolute atomic E-state index is 12.9. The number of nitrogens with one attached hydrogen (secondary N) is 3. The molecule has 3 aromatic rings. The second-order valence-electron chi connectivity index (χ2n) is 9.13. The highest BCUT2D eigenvalue weighted by Gasteiger charge is 2.30. The van der Waals surface area contributed by atoms with Gasteiger partial charge in [-0.25, -0.2) is 4.79 Å². The van der Waals surface area contributed by atoms with E-state index in [1.165, 1.54) is 6.92 Å². The Kier molecular flexibility index (Phi) is 8.37. The molecular formula is C29H30N4O5. The monoisotopic (exact) mass is 514 g/mol. The Balaban J connectivity index is 1.35. The van der Waals surface area contributed by atoms with Crippen LogP contribution >= 0.6 is 0 Å². The third-order valence-corrected chi connectivity index (χ3v) is 6.42. The topological polar surface area (TPSA) is 140 Å². The van der Waals surface area contributed by atoms with E-state index in [2.05, 4.69) is 16.0 Å². The molecule has 4 rings (SSSR count). The smallest absolute Gasteiger partial charge is 0.407 e. The number of fused-ring (bicyclic) bond motifs is 3. The lowest BCUT2D eigenvalue weighted by molar-refractivity contribution is -0.130. The molecule has 5 N–H and O–H groups in total. The molecule has 0 aromatic heterocycles. The van der Waals surface area contributed by atoms with Crippen molar-refractivity contribution in [3.8, 4) is 11.1 Å². The number of amides is 4. The fraction of sp³-hybridized carbons (Fsp3) is 0.241. The quantitative estimate of drug-likeness (QED) is 0.329. The molecule has 0 radical (unpaired) electrons. The number of alkyl carbamates (subject to hydrolysis) is 1. The molecule has 0 saturated carbocycles. The summed E-state index contributed by atoms with van der Waals surface area (Å²) in [5, 5.41) is 7.59. The lowest BCUT2D eigenvalue weighted by Crippen LogP contribution is -2.54. The van der Waals surface area contributed by atoms with Crippen LogP contribution in [0.5, 0.6) is 0 Å². The van der Waals surface area contributed by atoms with Crippen molar-refractivity contribution in [1.29, 1.82) is 0 Å². The van der Waals surface area contributed by atoms with E-state index in [0.29, 0.717) is 0 Å². The number of hydrogen-bond acceptors (Lipinski definition) is 5. The standard InChI is InChI=1S/C29H30N4O5/c1-18(27(35)33-25(28(36)31-16-26(30)34)15-19-9-3-2-4-10-19)32-29(37)38-17-24-22-13-7-5-11-20(22)21-12-6-8-14-23(21)24/h2-14,18,24-25H,15-17H2,1H3,(H2,30,34)(H,31,36)(H,32,37)(H,33,35)/t18-,25-/m0/s1. The first-order valence-corrected chi connectivity index (χ1v) is 12.3. The van der Waals surface area contributed by atoms with Crippen LogP contribution in [0.3, 0.4) is 0 Å². The maximum Gasteiger partial charge on any atom is 0.407 e. The molecule has 4 amide bonds. The molecule has 0 saturated heterocycles. The van der Waals surface area contributed by atoms with E-state index >= 15 is 0 Å². The molecule has 1 aliphatic carbocycles. The molecule has 9 nitrogen and oxygen atoms in total. The largest absolute Gasteiger partial charge is 0.449 e. The predicted molar refractivity (Wildman–Crippen MR) is 142 cm³/mol. The third-order valence-electron chi connectivity index (χ3n) is 6.42. The maximum atomic E-state index is 12.9. The van der Waals surface area contributed by atoms with Crippen LogP contribution < -0.4 is 21.7 Å². The van der Waals surface area contributed by atoms with Crippen LogP contribution in [0.25, 0.3) is 11.1 Å². The molecule has 0 aliphatic heterocycles. The predicted octanol–water partition coefficient (Wildman–Crippen LogP) is 2.24. The van der Waals surface area contributed by atoms with E-state index in [1.807, 2.05) is 78.9 Å². The average Bonchev–Trinajstić information content (AvgIpc) is 3.24. The number of carbonyl (C=O) groups is 4.